The number of hydrogen-bond donors (Lipinski definition) is 1. The zero-order chi connectivity index (χ0) is 13.2. The lowest BCUT2D eigenvalue weighted by molar-refractivity contribution is 0.398. The fourth-order valence-corrected chi connectivity index (χ4v) is 2.13. The molecule has 0 fully saturated rings. The molecule has 3 rings (SSSR count). The minimum atomic E-state index is 0.210. The summed E-state index contributed by atoms with van der Waals surface area (Å²) in [6, 6.07) is 16.0. The molecule has 0 amide bonds. The van der Waals surface area contributed by atoms with Crippen LogP contribution in [0.5, 0.6) is 5.88 Å². The van der Waals surface area contributed by atoms with Crippen LogP contribution < -0.4 is 10.5 Å². The van der Waals surface area contributed by atoms with E-state index in [0.29, 0.717) is 5.88 Å². The van der Waals surface area contributed by atoms with Crippen molar-refractivity contribution in [1.82, 2.24) is 9.97 Å². The Balaban J connectivity index is 2.27. The monoisotopic (exact) mass is 251 g/mol. The molecular formula is C15H13N3O. The molecule has 19 heavy (non-hydrogen) atoms. The first-order chi connectivity index (χ1) is 9.28. The van der Waals surface area contributed by atoms with Crippen LogP contribution >= 0.6 is 0 Å². The second kappa shape index (κ2) is 4.57. The molecule has 0 atom stereocenters. The third kappa shape index (κ3) is 2.08. The summed E-state index contributed by atoms with van der Waals surface area (Å²) in [6.45, 7) is 0. The van der Waals surface area contributed by atoms with Gasteiger partial charge in [-0.2, -0.15) is 4.98 Å². The zero-order valence-corrected chi connectivity index (χ0v) is 10.5. The van der Waals surface area contributed by atoms with Crippen molar-refractivity contribution in [2.45, 2.75) is 0 Å². The Kier molecular flexibility index (Phi) is 2.76. The molecule has 0 aliphatic heterocycles. The summed E-state index contributed by atoms with van der Waals surface area (Å²) < 4.78 is 5.14. The number of nitrogens with two attached hydrogens (primary N) is 1. The highest BCUT2D eigenvalue weighted by Gasteiger charge is 2.08. The van der Waals surface area contributed by atoms with Crippen molar-refractivity contribution in [1.29, 1.82) is 0 Å². The van der Waals surface area contributed by atoms with Gasteiger partial charge < -0.3 is 10.5 Å². The Morgan fingerprint density at radius 3 is 2.63 bits per heavy atom. The molecule has 4 nitrogen and oxygen atoms in total. The predicted octanol–water partition coefficient (Wildman–Crippen LogP) is 2.89. The first-order valence-electron chi connectivity index (χ1n) is 5.94. The standard InChI is InChI=1S/C15H13N3O/c1-19-14-9-13(17-15(16)18-14)12-8-4-6-10-5-2-3-7-11(10)12/h2-9H,1H3,(H2,16,17,18). The van der Waals surface area contributed by atoms with E-state index in [1.807, 2.05) is 24.3 Å². The van der Waals surface area contributed by atoms with Crippen LogP contribution in [0, 0.1) is 0 Å². The van der Waals surface area contributed by atoms with Crippen LogP contribution in [0.25, 0.3) is 22.0 Å². The maximum absolute atomic E-state index is 5.71. The van der Waals surface area contributed by atoms with Gasteiger partial charge in [0, 0.05) is 11.6 Å². The average molecular weight is 251 g/mol. The van der Waals surface area contributed by atoms with Gasteiger partial charge in [-0.1, -0.05) is 42.5 Å². The van der Waals surface area contributed by atoms with Crippen molar-refractivity contribution >= 4 is 16.7 Å². The fourth-order valence-electron chi connectivity index (χ4n) is 2.13. The molecule has 1 aromatic heterocycles. The molecule has 0 aliphatic rings. The largest absolute Gasteiger partial charge is 0.481 e. The van der Waals surface area contributed by atoms with Gasteiger partial charge in [0.05, 0.1) is 12.8 Å². The number of benzene rings is 2. The van der Waals surface area contributed by atoms with Crippen LogP contribution in [-0.4, -0.2) is 17.1 Å². The Labute approximate surface area is 110 Å². The average Bonchev–Trinajstić information content (AvgIpc) is 2.46. The van der Waals surface area contributed by atoms with Crippen molar-refractivity contribution in [3.63, 3.8) is 0 Å². The second-order valence-corrected chi connectivity index (χ2v) is 4.18. The number of methoxy groups -OCH3 is 1. The minimum absolute atomic E-state index is 0.210. The summed E-state index contributed by atoms with van der Waals surface area (Å²) in [4.78, 5) is 8.29. The third-order valence-corrected chi connectivity index (χ3v) is 2.99. The van der Waals surface area contributed by atoms with Gasteiger partial charge in [-0.25, -0.2) is 4.98 Å². The molecule has 2 aromatic carbocycles. The fraction of sp³-hybridized carbons (Fsp3) is 0.0667. The number of nitrogens with zero attached hydrogens (tertiary/aromatic N) is 2. The van der Waals surface area contributed by atoms with Crippen LogP contribution in [0.1, 0.15) is 0 Å². The molecule has 94 valence electrons. The lowest BCUT2D eigenvalue weighted by Crippen LogP contribution is -1.99. The number of aromatic nitrogens is 2. The van der Waals surface area contributed by atoms with Crippen molar-refractivity contribution in [2.75, 3.05) is 12.8 Å². The van der Waals surface area contributed by atoms with E-state index in [4.69, 9.17) is 10.5 Å². The first-order valence-corrected chi connectivity index (χ1v) is 5.94. The number of anilines is 1. The van der Waals surface area contributed by atoms with E-state index in [1.165, 1.54) is 0 Å². The minimum Gasteiger partial charge on any atom is -0.481 e. The first kappa shape index (κ1) is 11.5. The molecule has 0 bridgehead atoms. The Hall–Kier alpha value is -2.62. The van der Waals surface area contributed by atoms with E-state index < -0.39 is 0 Å². The van der Waals surface area contributed by atoms with E-state index in [0.717, 1.165) is 22.0 Å². The molecule has 0 saturated heterocycles. The lowest BCUT2D eigenvalue weighted by atomic mass is 10.0. The van der Waals surface area contributed by atoms with Crippen LogP contribution in [0.4, 0.5) is 5.95 Å². The molecule has 0 radical (unpaired) electrons. The predicted molar refractivity (Wildman–Crippen MR) is 75.9 cm³/mol. The van der Waals surface area contributed by atoms with Gasteiger partial charge in [-0.15, -0.1) is 0 Å². The van der Waals surface area contributed by atoms with Gasteiger partial charge in [-0.05, 0) is 10.8 Å². The highest BCUT2D eigenvalue weighted by atomic mass is 16.5. The lowest BCUT2D eigenvalue weighted by Gasteiger charge is -2.08. The molecule has 2 N–H and O–H groups in total. The van der Waals surface area contributed by atoms with Crippen molar-refractivity contribution in [3.05, 3.63) is 48.5 Å². The van der Waals surface area contributed by atoms with Gasteiger partial charge in [-0.3, -0.25) is 0 Å². The highest BCUT2D eigenvalue weighted by molar-refractivity contribution is 5.95. The number of hydrogen-bond acceptors (Lipinski definition) is 4. The van der Waals surface area contributed by atoms with Gasteiger partial charge in [0.15, 0.2) is 0 Å². The number of rotatable bonds is 2. The van der Waals surface area contributed by atoms with Crippen LogP contribution in [0.2, 0.25) is 0 Å². The zero-order valence-electron chi connectivity index (χ0n) is 10.5. The van der Waals surface area contributed by atoms with Gasteiger partial charge in [0.2, 0.25) is 11.8 Å². The van der Waals surface area contributed by atoms with Gasteiger partial charge in [0.1, 0.15) is 0 Å². The molecular weight excluding hydrogens is 238 g/mol. The smallest absolute Gasteiger partial charge is 0.223 e. The van der Waals surface area contributed by atoms with Gasteiger partial charge in [0.25, 0.3) is 0 Å². The summed E-state index contributed by atoms with van der Waals surface area (Å²) in [7, 11) is 1.56. The third-order valence-electron chi connectivity index (χ3n) is 2.99. The van der Waals surface area contributed by atoms with Crippen molar-refractivity contribution < 1.29 is 4.74 Å². The number of fused-ring (bicyclic) bond motifs is 1. The Bertz CT molecular complexity index is 735. The number of ether oxygens (including phenoxy) is 1. The highest BCUT2D eigenvalue weighted by Crippen LogP contribution is 2.29. The maximum Gasteiger partial charge on any atom is 0.223 e. The Morgan fingerprint density at radius 2 is 1.79 bits per heavy atom. The van der Waals surface area contributed by atoms with Crippen LogP contribution in [0.3, 0.4) is 0 Å². The van der Waals surface area contributed by atoms with E-state index in [2.05, 4.69) is 28.2 Å². The molecule has 1 heterocycles. The van der Waals surface area contributed by atoms with Crippen LogP contribution in [0.15, 0.2) is 48.5 Å². The molecule has 0 spiro atoms. The molecule has 0 unspecified atom stereocenters. The maximum atomic E-state index is 5.71. The normalized spacial score (nSPS) is 10.6. The van der Waals surface area contributed by atoms with Crippen molar-refractivity contribution in [2.24, 2.45) is 0 Å². The van der Waals surface area contributed by atoms with Crippen LogP contribution in [-0.2, 0) is 0 Å². The summed E-state index contributed by atoms with van der Waals surface area (Å²) in [5, 5.41) is 2.29. The van der Waals surface area contributed by atoms with E-state index in [-0.39, 0.29) is 5.95 Å². The van der Waals surface area contributed by atoms with Crippen molar-refractivity contribution in [3.8, 4) is 17.1 Å². The summed E-state index contributed by atoms with van der Waals surface area (Å²) >= 11 is 0. The quantitative estimate of drug-likeness (QED) is 0.760. The molecule has 0 saturated carbocycles. The molecule has 3 aromatic rings. The van der Waals surface area contributed by atoms with E-state index in [1.54, 1.807) is 13.2 Å². The summed E-state index contributed by atoms with van der Waals surface area (Å²) in [5.74, 6) is 0.678. The summed E-state index contributed by atoms with van der Waals surface area (Å²) in [6.07, 6.45) is 0. The van der Waals surface area contributed by atoms with Gasteiger partial charge >= 0.3 is 0 Å². The molecule has 4 heteroatoms. The Morgan fingerprint density at radius 1 is 1.00 bits per heavy atom. The summed E-state index contributed by atoms with van der Waals surface area (Å²) in [5.41, 5.74) is 7.50. The topological polar surface area (TPSA) is 61.0 Å². The molecule has 0 aliphatic carbocycles. The SMILES string of the molecule is COc1cc(-c2cccc3ccccc23)nc(N)n1. The number of nitrogen functional groups attached to an aromatic ring is 1. The van der Waals surface area contributed by atoms with E-state index in [9.17, 15) is 0 Å². The second-order valence-electron chi connectivity index (χ2n) is 4.18. The van der Waals surface area contributed by atoms with E-state index >= 15 is 0 Å².